The van der Waals surface area contributed by atoms with Crippen LogP contribution in [0.2, 0.25) is 0 Å². The highest BCUT2D eigenvalue weighted by Gasteiger charge is 2.24. The summed E-state index contributed by atoms with van der Waals surface area (Å²) in [5.74, 6) is 0.300. The van der Waals surface area contributed by atoms with Gasteiger partial charge in [-0.3, -0.25) is 4.79 Å². The summed E-state index contributed by atoms with van der Waals surface area (Å²) >= 11 is 7.61. The number of halogens is 1. The van der Waals surface area contributed by atoms with Crippen LogP contribution in [0.4, 0.5) is 0 Å². The quantitative estimate of drug-likeness (QED) is 0.183. The van der Waals surface area contributed by atoms with Crippen LogP contribution < -0.4 is 15.4 Å². The van der Waals surface area contributed by atoms with E-state index in [2.05, 4.69) is 78.3 Å². The average Bonchev–Trinajstić information content (AvgIpc) is 2.80. The highest BCUT2D eigenvalue weighted by atomic mass is 127. The van der Waals surface area contributed by atoms with Crippen molar-refractivity contribution >= 4 is 45.9 Å². The van der Waals surface area contributed by atoms with E-state index in [1.165, 1.54) is 18.2 Å². The summed E-state index contributed by atoms with van der Waals surface area (Å²) in [6.45, 7) is 12.8. The van der Waals surface area contributed by atoms with Crippen molar-refractivity contribution in [3.63, 3.8) is 0 Å². The molecule has 0 aromatic heterocycles. The molecule has 2 aromatic rings. The number of carbonyl (C=O) groups excluding carboxylic acids is 1. The highest BCUT2D eigenvalue weighted by Crippen LogP contribution is 2.32. The second-order valence-corrected chi connectivity index (χ2v) is 12.6. The molecule has 8 heteroatoms. The first-order valence-corrected chi connectivity index (χ1v) is 13.6. The van der Waals surface area contributed by atoms with Gasteiger partial charge < -0.3 is 25.2 Å². The molecule has 0 saturated heterocycles. The van der Waals surface area contributed by atoms with Gasteiger partial charge in [0, 0.05) is 6.54 Å². The van der Waals surface area contributed by atoms with Gasteiger partial charge in [-0.1, -0.05) is 45.0 Å². The molecule has 1 unspecified atom stereocenters. The Hall–Kier alpha value is -2.07. The number of aryl methyl sites for hydroxylation is 1. The molecule has 0 heterocycles. The van der Waals surface area contributed by atoms with E-state index >= 15 is 0 Å². The van der Waals surface area contributed by atoms with Crippen molar-refractivity contribution in [2.24, 2.45) is 5.41 Å². The van der Waals surface area contributed by atoms with Crippen molar-refractivity contribution in [2.75, 3.05) is 13.7 Å². The minimum atomic E-state index is -0.568. The summed E-state index contributed by atoms with van der Waals surface area (Å²) in [7, 11) is 1.52. The lowest BCUT2D eigenvalue weighted by molar-refractivity contribution is -0.153. The number of aromatic hydroxyl groups is 1. The molecular weight excluding hydrogens is 587 g/mol. The molecule has 0 aliphatic carbocycles. The van der Waals surface area contributed by atoms with Crippen LogP contribution in [0.15, 0.2) is 36.4 Å². The predicted octanol–water partition coefficient (Wildman–Crippen LogP) is 5.86. The first-order valence-electron chi connectivity index (χ1n) is 12.1. The van der Waals surface area contributed by atoms with Crippen LogP contribution in [-0.2, 0) is 27.9 Å². The summed E-state index contributed by atoms with van der Waals surface area (Å²) in [5, 5.41) is 17.0. The van der Waals surface area contributed by atoms with Crippen molar-refractivity contribution in [3.8, 4) is 11.5 Å². The summed E-state index contributed by atoms with van der Waals surface area (Å²) < 4.78 is 11.6. The normalized spacial score (nSPS) is 12.6. The SMILES string of the molecule is COc1cc(CNC(=S)NC(CCc2ccc(C(C)(C)C)cc2)COC(=O)C(C)(C)C)cc(I)c1O. The van der Waals surface area contributed by atoms with Crippen molar-refractivity contribution in [1.82, 2.24) is 10.6 Å². The van der Waals surface area contributed by atoms with E-state index in [4.69, 9.17) is 21.7 Å². The zero-order valence-corrected chi connectivity index (χ0v) is 25.3. The summed E-state index contributed by atoms with van der Waals surface area (Å²) in [4.78, 5) is 12.4. The van der Waals surface area contributed by atoms with Crippen molar-refractivity contribution in [1.29, 1.82) is 0 Å². The van der Waals surface area contributed by atoms with E-state index in [0.717, 1.165) is 18.4 Å². The Balaban J connectivity index is 2.03. The van der Waals surface area contributed by atoms with Crippen molar-refractivity contribution < 1.29 is 19.4 Å². The molecule has 2 aromatic carbocycles. The van der Waals surface area contributed by atoms with Crippen molar-refractivity contribution in [3.05, 3.63) is 56.7 Å². The van der Waals surface area contributed by atoms with Gasteiger partial charge in [0.2, 0.25) is 0 Å². The molecule has 198 valence electrons. The first kappa shape index (κ1) is 30.2. The second-order valence-electron chi connectivity index (χ2n) is 11.0. The largest absolute Gasteiger partial charge is 0.504 e. The predicted molar refractivity (Wildman–Crippen MR) is 158 cm³/mol. The molecule has 1 atom stereocenters. The van der Waals surface area contributed by atoms with Gasteiger partial charge in [-0.15, -0.1) is 0 Å². The number of benzene rings is 2. The third-order valence-corrected chi connectivity index (χ3v) is 6.81. The monoisotopic (exact) mass is 626 g/mol. The molecule has 2 rings (SSSR count). The number of phenols is 1. The molecule has 6 nitrogen and oxygen atoms in total. The molecule has 0 amide bonds. The van der Waals surface area contributed by atoms with E-state index < -0.39 is 5.41 Å². The fourth-order valence-electron chi connectivity index (χ4n) is 3.41. The Labute approximate surface area is 234 Å². The fraction of sp³-hybridized carbons (Fsp3) is 0.500. The van der Waals surface area contributed by atoms with Crippen molar-refractivity contribution in [2.45, 2.75) is 72.4 Å². The van der Waals surface area contributed by atoms with E-state index in [9.17, 15) is 9.90 Å². The van der Waals surface area contributed by atoms with Gasteiger partial charge in [-0.2, -0.15) is 0 Å². The topological polar surface area (TPSA) is 79.8 Å². The van der Waals surface area contributed by atoms with Crippen LogP contribution in [0.25, 0.3) is 0 Å². The lowest BCUT2D eigenvalue weighted by Crippen LogP contribution is -2.45. The number of hydrogen-bond acceptors (Lipinski definition) is 5. The third-order valence-electron chi connectivity index (χ3n) is 5.73. The van der Waals surface area contributed by atoms with Gasteiger partial charge in [-0.25, -0.2) is 0 Å². The zero-order valence-electron chi connectivity index (χ0n) is 22.3. The molecule has 36 heavy (non-hydrogen) atoms. The van der Waals surface area contributed by atoms with Crippen LogP contribution in [0.3, 0.4) is 0 Å². The number of ether oxygens (including phenoxy) is 2. The van der Waals surface area contributed by atoms with E-state index in [1.54, 1.807) is 6.07 Å². The Morgan fingerprint density at radius 1 is 1.08 bits per heavy atom. The van der Waals surface area contributed by atoms with Crippen LogP contribution in [0.5, 0.6) is 11.5 Å². The molecular formula is C28H39IN2O4S. The maximum atomic E-state index is 12.4. The van der Waals surface area contributed by atoms with E-state index in [1.807, 2.05) is 26.8 Å². The highest BCUT2D eigenvalue weighted by molar-refractivity contribution is 14.1. The Kier molecular flexibility index (Phi) is 10.8. The van der Waals surface area contributed by atoms with Crippen LogP contribution in [0.1, 0.15) is 64.7 Å². The standard InChI is InChI=1S/C28H39IN2O4S/c1-27(2,3)20-11-8-18(9-12-20)10-13-21(17-35-25(33)28(4,5)6)31-26(36)30-16-19-14-22(29)24(32)23(15-19)34-7/h8-9,11-12,14-15,21,32H,10,13,16-17H2,1-7H3,(H2,30,31,36). The number of nitrogens with one attached hydrogen (secondary N) is 2. The summed E-state index contributed by atoms with van der Waals surface area (Å²) in [6.07, 6.45) is 1.57. The third kappa shape index (κ3) is 9.42. The Morgan fingerprint density at radius 3 is 2.28 bits per heavy atom. The molecule has 0 saturated carbocycles. The number of phenolic OH excluding ortho intramolecular Hbond substituents is 1. The molecule has 0 radical (unpaired) electrons. The Morgan fingerprint density at radius 2 is 1.72 bits per heavy atom. The van der Waals surface area contributed by atoms with Crippen LogP contribution in [-0.4, -0.2) is 35.9 Å². The Bertz CT molecular complexity index is 1040. The smallest absolute Gasteiger partial charge is 0.311 e. The molecule has 0 aliphatic rings. The second kappa shape index (κ2) is 12.9. The molecule has 3 N–H and O–H groups in total. The minimum absolute atomic E-state index is 0.112. The van der Waals surface area contributed by atoms with Gasteiger partial charge in [0.1, 0.15) is 6.61 Å². The van der Waals surface area contributed by atoms with Gasteiger partial charge in [0.05, 0.1) is 22.1 Å². The maximum Gasteiger partial charge on any atom is 0.311 e. The number of thiocarbonyl (C=S) groups is 1. The van der Waals surface area contributed by atoms with E-state index in [0.29, 0.717) is 21.0 Å². The molecule has 0 bridgehead atoms. The number of hydrogen-bond donors (Lipinski definition) is 3. The van der Waals surface area contributed by atoms with Gasteiger partial charge in [0.25, 0.3) is 0 Å². The number of methoxy groups -OCH3 is 1. The lowest BCUT2D eigenvalue weighted by Gasteiger charge is -2.24. The number of rotatable bonds is 9. The van der Waals surface area contributed by atoms with Gasteiger partial charge >= 0.3 is 5.97 Å². The zero-order chi connectivity index (χ0) is 27.1. The van der Waals surface area contributed by atoms with Gasteiger partial charge in [0.15, 0.2) is 16.6 Å². The van der Waals surface area contributed by atoms with Gasteiger partial charge in [-0.05, 0) is 103 Å². The summed E-state index contributed by atoms with van der Waals surface area (Å²) in [5.41, 5.74) is 2.99. The van der Waals surface area contributed by atoms with E-state index in [-0.39, 0.29) is 29.8 Å². The minimum Gasteiger partial charge on any atom is -0.504 e. The summed E-state index contributed by atoms with van der Waals surface area (Å²) in [6, 6.07) is 12.2. The average molecular weight is 627 g/mol. The van der Waals surface area contributed by atoms with Crippen LogP contribution >= 0.6 is 34.8 Å². The first-order chi connectivity index (χ1) is 16.7. The number of esters is 1. The fourth-order valence-corrected chi connectivity index (χ4v) is 4.31. The molecule has 0 aliphatic heterocycles. The van der Waals surface area contributed by atoms with Crippen LogP contribution in [0, 0.1) is 8.99 Å². The lowest BCUT2D eigenvalue weighted by atomic mass is 9.86. The maximum absolute atomic E-state index is 12.4. The molecule has 0 spiro atoms. The number of carbonyl (C=O) groups is 1. The molecule has 0 fully saturated rings.